The third-order valence-corrected chi connectivity index (χ3v) is 4.03. The van der Waals surface area contributed by atoms with E-state index in [1.165, 1.54) is 11.3 Å². The summed E-state index contributed by atoms with van der Waals surface area (Å²) < 4.78 is 5.77. The lowest BCUT2D eigenvalue weighted by Crippen LogP contribution is -2.53. The van der Waals surface area contributed by atoms with Gasteiger partial charge in [0.05, 0.1) is 29.0 Å². The number of hydrogen-bond acceptors (Lipinski definition) is 5. The molecule has 2 heterocycles. The highest BCUT2D eigenvalue weighted by Crippen LogP contribution is 2.22. The molecule has 0 radical (unpaired) electrons. The van der Waals surface area contributed by atoms with Gasteiger partial charge in [-0.05, 0) is 12.1 Å². The summed E-state index contributed by atoms with van der Waals surface area (Å²) in [6.07, 6.45) is 0. The van der Waals surface area contributed by atoms with Crippen LogP contribution in [0.4, 0.5) is 0 Å². The standard InChI is InChI=1S/C11H13ClN2O3S/c12-10-2-1-9(18-10)8(15)5-14-3-4-17-6-7(14)11(13)16/h1-2,7H,3-6H2,(H2,13,16). The molecule has 0 saturated carbocycles. The van der Waals surface area contributed by atoms with Crippen LogP contribution in [0, 0.1) is 0 Å². The first-order valence-electron chi connectivity index (χ1n) is 5.47. The molecular formula is C11H13ClN2O3S. The van der Waals surface area contributed by atoms with Crippen LogP contribution >= 0.6 is 22.9 Å². The number of halogens is 1. The van der Waals surface area contributed by atoms with E-state index in [1.807, 2.05) is 0 Å². The van der Waals surface area contributed by atoms with Gasteiger partial charge in [0, 0.05) is 6.54 Å². The predicted octanol–water partition coefficient (Wildman–Crippen LogP) is 0.770. The van der Waals surface area contributed by atoms with Crippen molar-refractivity contribution in [3.8, 4) is 0 Å². The number of nitrogens with zero attached hydrogens (tertiary/aromatic N) is 1. The number of amides is 1. The Balaban J connectivity index is 2.03. The maximum absolute atomic E-state index is 12.0. The summed E-state index contributed by atoms with van der Waals surface area (Å²) in [5.41, 5.74) is 5.29. The van der Waals surface area contributed by atoms with Gasteiger partial charge in [-0.25, -0.2) is 0 Å². The van der Waals surface area contributed by atoms with E-state index in [4.69, 9.17) is 22.1 Å². The van der Waals surface area contributed by atoms with Crippen molar-refractivity contribution in [1.29, 1.82) is 0 Å². The zero-order chi connectivity index (χ0) is 13.1. The highest BCUT2D eigenvalue weighted by atomic mass is 35.5. The van der Waals surface area contributed by atoms with Crippen LogP contribution in [0.1, 0.15) is 9.67 Å². The molecule has 1 aliphatic rings. The molecule has 0 aliphatic carbocycles. The Morgan fingerprint density at radius 1 is 1.56 bits per heavy atom. The summed E-state index contributed by atoms with van der Waals surface area (Å²) in [4.78, 5) is 25.6. The van der Waals surface area contributed by atoms with Crippen LogP contribution in [-0.4, -0.2) is 48.9 Å². The van der Waals surface area contributed by atoms with Gasteiger partial charge in [0.25, 0.3) is 0 Å². The van der Waals surface area contributed by atoms with Gasteiger partial charge in [-0.15, -0.1) is 11.3 Å². The van der Waals surface area contributed by atoms with Gasteiger partial charge in [0.1, 0.15) is 6.04 Å². The average molecular weight is 289 g/mol. The second-order valence-electron chi connectivity index (χ2n) is 3.99. The number of Topliss-reactive ketones (excluding diaryl/α,β-unsaturated/α-hetero) is 1. The zero-order valence-electron chi connectivity index (χ0n) is 9.60. The lowest BCUT2D eigenvalue weighted by Gasteiger charge is -2.32. The fourth-order valence-corrected chi connectivity index (χ4v) is 2.79. The van der Waals surface area contributed by atoms with E-state index < -0.39 is 11.9 Å². The molecular weight excluding hydrogens is 276 g/mol. The third-order valence-electron chi connectivity index (χ3n) is 2.76. The van der Waals surface area contributed by atoms with Crippen LogP contribution in [0.15, 0.2) is 12.1 Å². The minimum absolute atomic E-state index is 0.0555. The van der Waals surface area contributed by atoms with Crippen LogP contribution in [0.3, 0.4) is 0 Å². The number of hydrogen-bond donors (Lipinski definition) is 1. The number of rotatable bonds is 4. The number of ketones is 1. The van der Waals surface area contributed by atoms with E-state index in [9.17, 15) is 9.59 Å². The molecule has 0 aromatic carbocycles. The lowest BCUT2D eigenvalue weighted by atomic mass is 10.2. The number of carbonyl (C=O) groups excluding carboxylic acids is 2. The molecule has 18 heavy (non-hydrogen) atoms. The molecule has 1 saturated heterocycles. The summed E-state index contributed by atoms with van der Waals surface area (Å²) >= 11 is 7.02. The highest BCUT2D eigenvalue weighted by Gasteiger charge is 2.29. The van der Waals surface area contributed by atoms with E-state index in [2.05, 4.69) is 0 Å². The molecule has 2 N–H and O–H groups in total. The monoisotopic (exact) mass is 288 g/mol. The van der Waals surface area contributed by atoms with Gasteiger partial charge in [-0.2, -0.15) is 0 Å². The molecule has 1 fully saturated rings. The summed E-state index contributed by atoms with van der Waals surface area (Å²) in [6.45, 7) is 1.43. The van der Waals surface area contributed by atoms with Gasteiger partial charge in [0.2, 0.25) is 5.91 Å². The van der Waals surface area contributed by atoms with E-state index in [0.717, 1.165) is 0 Å². The van der Waals surface area contributed by atoms with Crippen molar-refractivity contribution in [2.45, 2.75) is 6.04 Å². The highest BCUT2D eigenvalue weighted by molar-refractivity contribution is 7.18. The molecule has 7 heteroatoms. The quantitative estimate of drug-likeness (QED) is 0.831. The number of nitrogens with two attached hydrogens (primary N) is 1. The number of thiophene rings is 1. The van der Waals surface area contributed by atoms with E-state index in [1.54, 1.807) is 17.0 Å². The van der Waals surface area contributed by atoms with Crippen molar-refractivity contribution in [2.24, 2.45) is 5.73 Å². The van der Waals surface area contributed by atoms with Crippen molar-refractivity contribution < 1.29 is 14.3 Å². The van der Waals surface area contributed by atoms with E-state index in [0.29, 0.717) is 22.4 Å². The molecule has 98 valence electrons. The maximum Gasteiger partial charge on any atom is 0.237 e. The van der Waals surface area contributed by atoms with Crippen LogP contribution < -0.4 is 5.73 Å². The van der Waals surface area contributed by atoms with Crippen molar-refractivity contribution in [2.75, 3.05) is 26.3 Å². The first kappa shape index (κ1) is 13.5. The van der Waals surface area contributed by atoms with Crippen molar-refractivity contribution in [3.63, 3.8) is 0 Å². The van der Waals surface area contributed by atoms with Gasteiger partial charge in [0.15, 0.2) is 5.78 Å². The number of morpholine rings is 1. The normalized spacial score (nSPS) is 20.8. The summed E-state index contributed by atoms with van der Waals surface area (Å²) in [5.74, 6) is -0.522. The molecule has 2 rings (SSSR count). The van der Waals surface area contributed by atoms with Gasteiger partial charge < -0.3 is 10.5 Å². The molecule has 1 aromatic rings. The summed E-state index contributed by atoms with van der Waals surface area (Å²) in [7, 11) is 0. The third kappa shape index (κ3) is 3.08. The molecule has 0 bridgehead atoms. The molecule has 1 atom stereocenters. The minimum atomic E-state index is -0.530. The Morgan fingerprint density at radius 3 is 2.94 bits per heavy atom. The summed E-state index contributed by atoms with van der Waals surface area (Å²) in [6, 6.07) is 2.84. The predicted molar refractivity (Wildman–Crippen MR) is 69.0 cm³/mol. The Bertz CT molecular complexity index is 463. The molecule has 0 spiro atoms. The van der Waals surface area contributed by atoms with E-state index >= 15 is 0 Å². The molecule has 1 unspecified atom stereocenters. The van der Waals surface area contributed by atoms with Gasteiger partial charge >= 0.3 is 0 Å². The SMILES string of the molecule is NC(=O)C1COCCN1CC(=O)c1ccc(Cl)s1. The zero-order valence-corrected chi connectivity index (χ0v) is 11.2. The maximum atomic E-state index is 12.0. The average Bonchev–Trinajstić information content (AvgIpc) is 2.76. The van der Waals surface area contributed by atoms with Gasteiger partial charge in [-0.3, -0.25) is 14.5 Å². The van der Waals surface area contributed by atoms with Crippen LogP contribution in [-0.2, 0) is 9.53 Å². The molecule has 1 aromatic heterocycles. The van der Waals surface area contributed by atoms with Crippen molar-refractivity contribution >= 4 is 34.6 Å². The smallest absolute Gasteiger partial charge is 0.237 e. The Labute approximate surface area is 113 Å². The second-order valence-corrected chi connectivity index (χ2v) is 5.71. The van der Waals surface area contributed by atoms with Crippen molar-refractivity contribution in [1.82, 2.24) is 4.90 Å². The molecule has 1 amide bonds. The molecule has 5 nitrogen and oxygen atoms in total. The summed E-state index contributed by atoms with van der Waals surface area (Å²) in [5, 5.41) is 0. The second kappa shape index (κ2) is 5.79. The number of primary amides is 1. The van der Waals surface area contributed by atoms with Crippen LogP contribution in [0.25, 0.3) is 0 Å². The minimum Gasteiger partial charge on any atom is -0.378 e. The van der Waals surface area contributed by atoms with Crippen LogP contribution in [0.5, 0.6) is 0 Å². The Morgan fingerprint density at radius 2 is 2.33 bits per heavy atom. The van der Waals surface area contributed by atoms with Crippen molar-refractivity contribution in [3.05, 3.63) is 21.3 Å². The fraction of sp³-hybridized carbons (Fsp3) is 0.455. The van der Waals surface area contributed by atoms with Gasteiger partial charge in [-0.1, -0.05) is 11.6 Å². The van der Waals surface area contributed by atoms with Crippen LogP contribution in [0.2, 0.25) is 4.34 Å². The largest absolute Gasteiger partial charge is 0.378 e. The first-order chi connectivity index (χ1) is 8.58. The Kier molecular flexibility index (Phi) is 4.34. The number of carbonyl (C=O) groups is 2. The Hall–Kier alpha value is -0.950. The van der Waals surface area contributed by atoms with E-state index in [-0.39, 0.29) is 18.9 Å². The topological polar surface area (TPSA) is 72.6 Å². The first-order valence-corrected chi connectivity index (χ1v) is 6.67. The fourth-order valence-electron chi connectivity index (χ4n) is 1.82. The lowest BCUT2D eigenvalue weighted by molar-refractivity contribution is -0.128. The number of ether oxygens (including phenoxy) is 1. The molecule has 1 aliphatic heterocycles.